The molecule has 5 aromatic rings. The SMILES string of the molecule is CC(c1cccnc1)n1c(=O)[nH]c2c(N3CC(F)(F)C3)nc(-n3cnc4ccc(C#N)cc43)nc21. The van der Waals surface area contributed by atoms with Crippen molar-refractivity contribution in [1.29, 1.82) is 5.26 Å². The average Bonchev–Trinajstić information content (AvgIpc) is 3.41. The minimum Gasteiger partial charge on any atom is -0.342 e. The van der Waals surface area contributed by atoms with E-state index in [1.165, 1.54) is 15.8 Å². The largest absolute Gasteiger partial charge is 0.342 e. The van der Waals surface area contributed by atoms with E-state index >= 15 is 0 Å². The highest BCUT2D eigenvalue weighted by molar-refractivity contribution is 5.86. The second kappa shape index (κ2) is 7.42. The van der Waals surface area contributed by atoms with Gasteiger partial charge >= 0.3 is 5.69 Å². The molecule has 0 spiro atoms. The molecule has 1 aromatic carbocycles. The molecule has 1 N–H and O–H groups in total. The zero-order valence-corrected chi connectivity index (χ0v) is 18.4. The van der Waals surface area contributed by atoms with Crippen molar-refractivity contribution in [3.63, 3.8) is 0 Å². The third kappa shape index (κ3) is 3.31. The van der Waals surface area contributed by atoms with E-state index in [1.54, 1.807) is 41.2 Å². The molecule has 0 aliphatic carbocycles. The first-order valence-corrected chi connectivity index (χ1v) is 10.8. The zero-order valence-electron chi connectivity index (χ0n) is 18.4. The van der Waals surface area contributed by atoms with Gasteiger partial charge in [-0.2, -0.15) is 15.2 Å². The lowest BCUT2D eigenvalue weighted by Crippen LogP contribution is -2.56. The fourth-order valence-corrected chi connectivity index (χ4v) is 4.34. The van der Waals surface area contributed by atoms with Crippen LogP contribution in [-0.2, 0) is 0 Å². The summed E-state index contributed by atoms with van der Waals surface area (Å²) in [5.41, 5.74) is 2.48. The van der Waals surface area contributed by atoms with Gasteiger partial charge in [0.1, 0.15) is 11.8 Å². The molecule has 0 bridgehead atoms. The third-order valence-corrected chi connectivity index (χ3v) is 6.13. The lowest BCUT2D eigenvalue weighted by Gasteiger charge is -2.39. The highest BCUT2D eigenvalue weighted by Gasteiger charge is 2.45. The molecular formula is C23H17F2N9O. The summed E-state index contributed by atoms with van der Waals surface area (Å²) < 4.78 is 30.6. The first-order valence-electron chi connectivity index (χ1n) is 10.8. The second-order valence-corrected chi connectivity index (χ2v) is 8.45. The number of rotatable bonds is 4. The van der Waals surface area contributed by atoms with Crippen molar-refractivity contribution in [2.45, 2.75) is 18.9 Å². The molecule has 4 aromatic heterocycles. The molecule has 0 amide bonds. The number of hydrogen-bond acceptors (Lipinski definition) is 7. The summed E-state index contributed by atoms with van der Waals surface area (Å²) >= 11 is 0. The van der Waals surface area contributed by atoms with Crippen molar-refractivity contribution in [3.8, 4) is 12.0 Å². The van der Waals surface area contributed by atoms with Gasteiger partial charge in [0, 0.05) is 12.4 Å². The lowest BCUT2D eigenvalue weighted by atomic mass is 10.1. The Balaban J connectivity index is 1.60. The highest BCUT2D eigenvalue weighted by Crippen LogP contribution is 2.35. The van der Waals surface area contributed by atoms with Gasteiger partial charge in [-0.05, 0) is 36.8 Å². The first-order chi connectivity index (χ1) is 16.8. The van der Waals surface area contributed by atoms with Gasteiger partial charge < -0.3 is 9.88 Å². The molecule has 0 radical (unpaired) electrons. The lowest BCUT2D eigenvalue weighted by molar-refractivity contribution is -0.0265. The summed E-state index contributed by atoms with van der Waals surface area (Å²) in [5, 5.41) is 9.32. The van der Waals surface area contributed by atoms with Gasteiger partial charge in [-0.3, -0.25) is 14.1 Å². The number of nitrogens with one attached hydrogen (secondary N) is 1. The van der Waals surface area contributed by atoms with Crippen molar-refractivity contribution in [3.05, 3.63) is 70.7 Å². The maximum absolute atomic E-state index is 13.8. The van der Waals surface area contributed by atoms with Crippen molar-refractivity contribution in [2.75, 3.05) is 18.0 Å². The number of benzene rings is 1. The number of halogens is 2. The van der Waals surface area contributed by atoms with Gasteiger partial charge in [0.05, 0.1) is 41.8 Å². The summed E-state index contributed by atoms with van der Waals surface area (Å²) in [7, 11) is 0. The van der Waals surface area contributed by atoms with E-state index in [9.17, 15) is 18.8 Å². The van der Waals surface area contributed by atoms with Crippen molar-refractivity contribution in [1.82, 2.24) is 34.1 Å². The third-order valence-electron chi connectivity index (χ3n) is 6.13. The maximum atomic E-state index is 13.8. The van der Waals surface area contributed by atoms with E-state index in [0.717, 1.165) is 5.56 Å². The predicted molar refractivity (Wildman–Crippen MR) is 123 cm³/mol. The van der Waals surface area contributed by atoms with Gasteiger partial charge in [-0.25, -0.2) is 18.6 Å². The average molecular weight is 473 g/mol. The number of alkyl halides is 2. The summed E-state index contributed by atoms with van der Waals surface area (Å²) in [4.78, 5) is 34.9. The number of H-pyrrole nitrogens is 1. The van der Waals surface area contributed by atoms with Crippen LogP contribution in [0.15, 0.2) is 53.8 Å². The summed E-state index contributed by atoms with van der Waals surface area (Å²) in [6.07, 6.45) is 4.79. The number of nitrogens with zero attached hydrogens (tertiary/aromatic N) is 8. The van der Waals surface area contributed by atoms with E-state index in [-0.39, 0.29) is 22.9 Å². The standard InChI is InChI=1S/C23H17F2N9O/c1-13(15-3-2-6-27-9-15)34-20-18(29-22(34)35)19(32-10-23(24,25)11-32)30-21(31-20)33-12-28-16-5-4-14(8-26)7-17(16)33/h2-7,9,12-13H,10-11H2,1H3,(H,29,35). The number of fused-ring (bicyclic) bond motifs is 2. The van der Waals surface area contributed by atoms with Crippen molar-refractivity contribution < 1.29 is 8.78 Å². The molecule has 6 rings (SSSR count). The van der Waals surface area contributed by atoms with Crippen LogP contribution in [0.2, 0.25) is 0 Å². The number of aromatic amines is 1. The molecule has 35 heavy (non-hydrogen) atoms. The molecule has 1 aliphatic rings. The normalized spacial score (nSPS) is 15.8. The van der Waals surface area contributed by atoms with Crippen LogP contribution in [0.1, 0.15) is 24.1 Å². The van der Waals surface area contributed by atoms with Gasteiger partial charge in [0.25, 0.3) is 5.92 Å². The van der Waals surface area contributed by atoms with E-state index in [1.807, 2.05) is 13.0 Å². The Hall–Kier alpha value is -4.66. The van der Waals surface area contributed by atoms with Gasteiger partial charge in [0.15, 0.2) is 11.5 Å². The van der Waals surface area contributed by atoms with Crippen molar-refractivity contribution >= 4 is 28.0 Å². The van der Waals surface area contributed by atoms with E-state index < -0.39 is 30.7 Å². The topological polar surface area (TPSA) is 121 Å². The Bertz CT molecular complexity index is 1690. The molecule has 0 saturated carbocycles. The molecule has 12 heteroatoms. The number of aromatic nitrogens is 7. The number of imidazole rings is 2. The molecule has 1 atom stereocenters. The molecule has 1 saturated heterocycles. The zero-order chi connectivity index (χ0) is 24.3. The van der Waals surface area contributed by atoms with Crippen LogP contribution in [0.3, 0.4) is 0 Å². The molecule has 174 valence electrons. The van der Waals surface area contributed by atoms with E-state index in [2.05, 4.69) is 31.0 Å². The minimum absolute atomic E-state index is 0.145. The summed E-state index contributed by atoms with van der Waals surface area (Å²) in [6.45, 7) is 0.789. The number of pyridine rings is 1. The summed E-state index contributed by atoms with van der Waals surface area (Å²) in [5.74, 6) is -2.50. The molecular weight excluding hydrogens is 456 g/mol. The van der Waals surface area contributed by atoms with Crippen LogP contribution in [0.25, 0.3) is 28.1 Å². The Morgan fingerprint density at radius 2 is 2.06 bits per heavy atom. The molecule has 1 aliphatic heterocycles. The van der Waals surface area contributed by atoms with Crippen LogP contribution < -0.4 is 10.6 Å². The fraction of sp³-hybridized carbons (Fsp3) is 0.217. The quantitative estimate of drug-likeness (QED) is 0.426. The Kier molecular flexibility index (Phi) is 4.44. The second-order valence-electron chi connectivity index (χ2n) is 8.45. The molecule has 10 nitrogen and oxygen atoms in total. The predicted octanol–water partition coefficient (Wildman–Crippen LogP) is 2.79. The van der Waals surface area contributed by atoms with Gasteiger partial charge in [-0.15, -0.1) is 0 Å². The molecule has 5 heterocycles. The first kappa shape index (κ1) is 20.9. The number of anilines is 1. The van der Waals surface area contributed by atoms with Gasteiger partial charge in [0.2, 0.25) is 5.95 Å². The van der Waals surface area contributed by atoms with Crippen LogP contribution >= 0.6 is 0 Å². The van der Waals surface area contributed by atoms with Crippen LogP contribution in [0.5, 0.6) is 0 Å². The Labute approximate surface area is 196 Å². The van der Waals surface area contributed by atoms with E-state index in [0.29, 0.717) is 16.6 Å². The van der Waals surface area contributed by atoms with Crippen molar-refractivity contribution in [2.24, 2.45) is 0 Å². The van der Waals surface area contributed by atoms with Gasteiger partial charge in [-0.1, -0.05) is 6.07 Å². The maximum Gasteiger partial charge on any atom is 0.328 e. The van der Waals surface area contributed by atoms with Crippen LogP contribution in [0, 0.1) is 11.3 Å². The smallest absolute Gasteiger partial charge is 0.328 e. The van der Waals surface area contributed by atoms with Crippen LogP contribution in [0.4, 0.5) is 14.6 Å². The van der Waals surface area contributed by atoms with Crippen LogP contribution in [-0.4, -0.2) is 53.1 Å². The van der Waals surface area contributed by atoms with E-state index in [4.69, 9.17) is 0 Å². The Morgan fingerprint density at radius 3 is 2.77 bits per heavy atom. The summed E-state index contributed by atoms with van der Waals surface area (Å²) in [6, 6.07) is 10.3. The number of nitriles is 1. The highest BCUT2D eigenvalue weighted by atomic mass is 19.3. The fourth-order valence-electron chi connectivity index (χ4n) is 4.34. The molecule has 1 unspecified atom stereocenters. The minimum atomic E-state index is -2.84. The Morgan fingerprint density at radius 1 is 1.23 bits per heavy atom. The molecule has 1 fully saturated rings. The number of hydrogen-bond donors (Lipinski definition) is 1. The monoisotopic (exact) mass is 473 g/mol.